The number of carbonyl (C=O) groups is 2. The lowest BCUT2D eigenvalue weighted by atomic mass is 10.1. The van der Waals surface area contributed by atoms with Crippen LogP contribution in [0, 0.1) is 6.92 Å². The SMILES string of the molecule is CCOC(=O)c1sc(N=C=Nc2ccccc2)c(C(=O)OCC)c1C. The van der Waals surface area contributed by atoms with Gasteiger partial charge in [-0.25, -0.2) is 9.59 Å². The molecule has 0 bridgehead atoms. The first-order chi connectivity index (χ1) is 12.1. The molecule has 1 heterocycles. The van der Waals surface area contributed by atoms with Crippen LogP contribution < -0.4 is 0 Å². The first kappa shape index (κ1) is 18.6. The van der Waals surface area contributed by atoms with Crippen LogP contribution in [0.2, 0.25) is 0 Å². The Balaban J connectivity index is 2.44. The number of carbonyl (C=O) groups excluding carboxylic acids is 2. The zero-order valence-corrected chi connectivity index (χ0v) is 15.1. The smallest absolute Gasteiger partial charge is 0.348 e. The Morgan fingerprint density at radius 3 is 2.32 bits per heavy atom. The van der Waals surface area contributed by atoms with Crippen LogP contribution in [0.1, 0.15) is 39.4 Å². The Kier molecular flexibility index (Phi) is 6.62. The second-order valence-corrected chi connectivity index (χ2v) is 5.84. The molecule has 0 spiro atoms. The minimum atomic E-state index is -0.535. The highest BCUT2D eigenvalue weighted by Gasteiger charge is 2.26. The number of ether oxygens (including phenoxy) is 2. The second kappa shape index (κ2) is 8.92. The van der Waals surface area contributed by atoms with E-state index in [2.05, 4.69) is 16.0 Å². The number of aliphatic imine (C=N–C) groups is 2. The maximum atomic E-state index is 12.2. The van der Waals surface area contributed by atoms with Gasteiger partial charge in [-0.15, -0.1) is 11.3 Å². The van der Waals surface area contributed by atoms with Crippen LogP contribution in [-0.2, 0) is 9.47 Å². The molecule has 2 aromatic rings. The average molecular weight is 358 g/mol. The molecule has 0 fully saturated rings. The van der Waals surface area contributed by atoms with Gasteiger partial charge >= 0.3 is 11.9 Å². The number of para-hydroxylation sites is 1. The Morgan fingerprint density at radius 1 is 1.04 bits per heavy atom. The fourth-order valence-electron chi connectivity index (χ4n) is 2.04. The molecule has 2 rings (SSSR count). The number of hydrogen-bond donors (Lipinski definition) is 0. The topological polar surface area (TPSA) is 77.3 Å². The van der Waals surface area contributed by atoms with Crippen LogP contribution >= 0.6 is 11.3 Å². The summed E-state index contributed by atoms with van der Waals surface area (Å²) in [6, 6.07) is 11.7. The van der Waals surface area contributed by atoms with Crippen molar-refractivity contribution >= 4 is 40.0 Å². The Labute approximate surface area is 149 Å². The van der Waals surface area contributed by atoms with Gasteiger partial charge in [0.1, 0.15) is 21.5 Å². The lowest BCUT2D eigenvalue weighted by Gasteiger charge is -2.02. The average Bonchev–Trinajstić information content (AvgIpc) is 2.93. The molecular weight excluding hydrogens is 340 g/mol. The summed E-state index contributed by atoms with van der Waals surface area (Å²) in [5.41, 5.74) is 1.41. The van der Waals surface area contributed by atoms with Gasteiger partial charge in [0, 0.05) is 0 Å². The van der Waals surface area contributed by atoms with E-state index in [1.807, 2.05) is 18.2 Å². The van der Waals surface area contributed by atoms with Crippen LogP contribution in [-0.4, -0.2) is 31.2 Å². The number of rotatable bonds is 6. The summed E-state index contributed by atoms with van der Waals surface area (Å²) >= 11 is 1.06. The summed E-state index contributed by atoms with van der Waals surface area (Å²) in [5, 5.41) is 0.318. The van der Waals surface area contributed by atoms with E-state index >= 15 is 0 Å². The molecule has 0 saturated heterocycles. The van der Waals surface area contributed by atoms with E-state index in [0.29, 0.717) is 21.1 Å². The highest BCUT2D eigenvalue weighted by atomic mass is 32.1. The minimum Gasteiger partial charge on any atom is -0.462 e. The number of benzene rings is 1. The van der Waals surface area contributed by atoms with Crippen molar-refractivity contribution in [3.63, 3.8) is 0 Å². The van der Waals surface area contributed by atoms with Crippen molar-refractivity contribution in [1.29, 1.82) is 0 Å². The van der Waals surface area contributed by atoms with Crippen molar-refractivity contribution in [3.8, 4) is 0 Å². The van der Waals surface area contributed by atoms with E-state index < -0.39 is 11.9 Å². The second-order valence-electron chi connectivity index (χ2n) is 4.84. The third kappa shape index (κ3) is 4.62. The summed E-state index contributed by atoms with van der Waals surface area (Å²) < 4.78 is 10.1. The summed E-state index contributed by atoms with van der Waals surface area (Å²) in [7, 11) is 0. The Hall–Kier alpha value is -2.76. The van der Waals surface area contributed by atoms with E-state index in [9.17, 15) is 9.59 Å². The van der Waals surface area contributed by atoms with Gasteiger partial charge in [-0.2, -0.15) is 9.98 Å². The van der Waals surface area contributed by atoms with Gasteiger partial charge < -0.3 is 9.47 Å². The molecule has 7 heteroatoms. The molecule has 0 amide bonds. The Morgan fingerprint density at radius 2 is 1.68 bits per heavy atom. The summed E-state index contributed by atoms with van der Waals surface area (Å²) in [4.78, 5) is 32.8. The predicted octanol–water partition coefficient (Wildman–Crippen LogP) is 4.55. The molecule has 25 heavy (non-hydrogen) atoms. The highest BCUT2D eigenvalue weighted by Crippen LogP contribution is 2.36. The van der Waals surface area contributed by atoms with Gasteiger partial charge in [0.05, 0.1) is 18.9 Å². The molecule has 0 atom stereocenters. The van der Waals surface area contributed by atoms with Crippen LogP contribution in [0.3, 0.4) is 0 Å². The van der Waals surface area contributed by atoms with Crippen molar-refractivity contribution in [2.75, 3.05) is 13.2 Å². The van der Waals surface area contributed by atoms with E-state index in [-0.39, 0.29) is 18.8 Å². The van der Waals surface area contributed by atoms with E-state index in [1.165, 1.54) is 0 Å². The maximum absolute atomic E-state index is 12.2. The largest absolute Gasteiger partial charge is 0.462 e. The summed E-state index contributed by atoms with van der Waals surface area (Å²) in [6.07, 6.45) is 0. The van der Waals surface area contributed by atoms with E-state index in [4.69, 9.17) is 9.47 Å². The molecule has 0 aliphatic carbocycles. The number of esters is 2. The van der Waals surface area contributed by atoms with Gasteiger partial charge in [-0.3, -0.25) is 0 Å². The fourth-order valence-corrected chi connectivity index (χ4v) is 3.06. The van der Waals surface area contributed by atoms with Gasteiger partial charge in [0.25, 0.3) is 0 Å². The van der Waals surface area contributed by atoms with Crippen molar-refractivity contribution in [2.24, 2.45) is 9.98 Å². The highest BCUT2D eigenvalue weighted by molar-refractivity contribution is 7.18. The molecule has 1 aromatic carbocycles. The van der Waals surface area contributed by atoms with Crippen LogP contribution in [0.5, 0.6) is 0 Å². The molecule has 0 aliphatic heterocycles. The van der Waals surface area contributed by atoms with Gasteiger partial charge in [0.2, 0.25) is 0 Å². The number of thiophene rings is 1. The summed E-state index contributed by atoms with van der Waals surface area (Å²) in [6.45, 7) is 5.58. The third-order valence-corrected chi connectivity index (χ3v) is 4.32. The predicted molar refractivity (Wildman–Crippen MR) is 96.6 cm³/mol. The van der Waals surface area contributed by atoms with Gasteiger partial charge in [-0.1, -0.05) is 18.2 Å². The van der Waals surface area contributed by atoms with Crippen molar-refractivity contribution < 1.29 is 19.1 Å². The molecule has 0 radical (unpaired) electrons. The first-order valence-electron chi connectivity index (χ1n) is 7.77. The molecule has 6 nitrogen and oxygen atoms in total. The van der Waals surface area contributed by atoms with E-state index in [1.54, 1.807) is 32.9 Å². The molecule has 0 unspecified atom stereocenters. The molecule has 130 valence electrons. The Bertz CT molecular complexity index is 821. The van der Waals surface area contributed by atoms with Gasteiger partial charge in [-0.05, 0) is 38.5 Å². The molecule has 0 saturated carbocycles. The molecule has 1 aromatic heterocycles. The quantitative estimate of drug-likeness (QED) is 0.561. The lowest BCUT2D eigenvalue weighted by Crippen LogP contribution is -2.08. The van der Waals surface area contributed by atoms with E-state index in [0.717, 1.165) is 11.3 Å². The molecular formula is C18H18N2O4S. The fraction of sp³-hybridized carbons (Fsp3) is 0.278. The third-order valence-electron chi connectivity index (χ3n) is 3.16. The minimum absolute atomic E-state index is 0.226. The van der Waals surface area contributed by atoms with Crippen molar-refractivity contribution in [3.05, 3.63) is 46.3 Å². The van der Waals surface area contributed by atoms with Gasteiger partial charge in [0.15, 0.2) is 0 Å². The first-order valence-corrected chi connectivity index (χ1v) is 8.59. The van der Waals surface area contributed by atoms with Crippen LogP contribution in [0.15, 0.2) is 40.3 Å². The molecule has 0 aliphatic rings. The monoisotopic (exact) mass is 358 g/mol. The molecule has 0 N–H and O–H groups in total. The number of nitrogens with zero attached hydrogens (tertiary/aromatic N) is 2. The van der Waals surface area contributed by atoms with Crippen LogP contribution in [0.25, 0.3) is 0 Å². The summed E-state index contributed by atoms with van der Waals surface area (Å²) in [5.74, 6) is -1.02. The normalized spacial score (nSPS) is 9.88. The lowest BCUT2D eigenvalue weighted by molar-refractivity contribution is 0.0527. The van der Waals surface area contributed by atoms with Crippen LogP contribution in [0.4, 0.5) is 10.7 Å². The zero-order valence-electron chi connectivity index (χ0n) is 14.2. The maximum Gasteiger partial charge on any atom is 0.348 e. The van der Waals surface area contributed by atoms with Crippen molar-refractivity contribution in [1.82, 2.24) is 0 Å². The van der Waals surface area contributed by atoms with Crippen molar-refractivity contribution in [2.45, 2.75) is 20.8 Å². The number of hydrogen-bond acceptors (Lipinski definition) is 7. The zero-order chi connectivity index (χ0) is 18.2. The standard InChI is InChI=1S/C18H18N2O4S/c1-4-23-17(21)14-12(3)15(18(22)24-5-2)25-16(14)20-11-19-13-9-7-6-8-10-13/h6-10H,4-5H2,1-3H3.